The van der Waals surface area contributed by atoms with Gasteiger partial charge in [0.2, 0.25) is 11.4 Å². The molecule has 0 fully saturated rings. The van der Waals surface area contributed by atoms with E-state index in [-0.39, 0.29) is 19.6 Å². The van der Waals surface area contributed by atoms with Gasteiger partial charge in [0.1, 0.15) is 11.6 Å². The number of esters is 3. The molecule has 0 aliphatic rings. The molecule has 162 valence electrons. The van der Waals surface area contributed by atoms with Crippen LogP contribution in [-0.2, 0) is 33.4 Å². The highest BCUT2D eigenvalue weighted by Crippen LogP contribution is 2.21. The van der Waals surface area contributed by atoms with Crippen LogP contribution in [0.25, 0.3) is 0 Å². The fourth-order valence-electron chi connectivity index (χ4n) is 2.51. The van der Waals surface area contributed by atoms with Crippen molar-refractivity contribution in [3.8, 4) is 0 Å². The molecule has 0 saturated heterocycles. The summed E-state index contributed by atoms with van der Waals surface area (Å²) in [7, 11) is 0. The van der Waals surface area contributed by atoms with Crippen LogP contribution in [0.2, 0.25) is 0 Å². The molecule has 0 saturated carbocycles. The van der Waals surface area contributed by atoms with E-state index in [4.69, 9.17) is 19.9 Å². The fraction of sp³-hybridized carbons (Fsp3) is 0.789. The van der Waals surface area contributed by atoms with Crippen LogP contribution in [0.5, 0.6) is 0 Å². The van der Waals surface area contributed by atoms with Crippen LogP contribution in [0.15, 0.2) is 0 Å². The van der Waals surface area contributed by atoms with Crippen LogP contribution in [0.4, 0.5) is 0 Å². The van der Waals surface area contributed by atoms with Gasteiger partial charge in [-0.15, -0.1) is 0 Å². The average molecular weight is 402 g/mol. The summed E-state index contributed by atoms with van der Waals surface area (Å²) in [5, 5.41) is 2.39. The Morgan fingerprint density at radius 2 is 1.46 bits per heavy atom. The summed E-state index contributed by atoms with van der Waals surface area (Å²) >= 11 is 0. The lowest BCUT2D eigenvalue weighted by atomic mass is 9.91. The van der Waals surface area contributed by atoms with Crippen molar-refractivity contribution in [1.82, 2.24) is 5.32 Å². The van der Waals surface area contributed by atoms with Gasteiger partial charge in [-0.05, 0) is 53.9 Å². The van der Waals surface area contributed by atoms with Crippen LogP contribution < -0.4 is 11.1 Å². The SMILES string of the molecule is CCOC(=O)C(CCCCC(N)C(=O)OC(C)(C)C)(NC(C)=O)C(=O)OCC. The Labute approximate surface area is 166 Å². The van der Waals surface area contributed by atoms with Gasteiger partial charge in [-0.2, -0.15) is 0 Å². The standard InChI is InChI=1S/C19H34N2O7/c1-7-26-16(24)19(21-13(3)22,17(25)27-8-2)12-10-9-11-14(20)15(23)28-18(4,5)6/h14H,7-12,20H2,1-6H3,(H,21,22). The number of rotatable bonds is 11. The first-order valence-corrected chi connectivity index (χ1v) is 9.51. The Hall–Kier alpha value is -2.16. The molecule has 1 amide bonds. The second-order valence-electron chi connectivity index (χ2n) is 7.41. The summed E-state index contributed by atoms with van der Waals surface area (Å²) in [5.74, 6) is -2.83. The van der Waals surface area contributed by atoms with E-state index >= 15 is 0 Å². The van der Waals surface area contributed by atoms with E-state index in [0.29, 0.717) is 19.3 Å². The molecule has 0 aromatic heterocycles. The van der Waals surface area contributed by atoms with Crippen molar-refractivity contribution in [3.05, 3.63) is 0 Å². The second-order valence-corrected chi connectivity index (χ2v) is 7.41. The third-order valence-electron chi connectivity index (χ3n) is 3.66. The largest absolute Gasteiger partial charge is 0.464 e. The molecule has 1 unspecified atom stereocenters. The van der Waals surface area contributed by atoms with Gasteiger partial charge < -0.3 is 25.3 Å². The molecule has 3 N–H and O–H groups in total. The predicted molar refractivity (Wildman–Crippen MR) is 102 cm³/mol. The van der Waals surface area contributed by atoms with Crippen LogP contribution >= 0.6 is 0 Å². The van der Waals surface area contributed by atoms with E-state index in [2.05, 4.69) is 5.32 Å². The quantitative estimate of drug-likeness (QED) is 0.228. The molecule has 0 heterocycles. The minimum Gasteiger partial charge on any atom is -0.464 e. The van der Waals surface area contributed by atoms with Gasteiger partial charge in [-0.1, -0.05) is 6.42 Å². The summed E-state index contributed by atoms with van der Waals surface area (Å²) < 4.78 is 15.2. The number of unbranched alkanes of at least 4 members (excludes halogenated alkanes) is 1. The average Bonchev–Trinajstić information content (AvgIpc) is 2.55. The third kappa shape index (κ3) is 8.69. The molecule has 0 aliphatic heterocycles. The van der Waals surface area contributed by atoms with Gasteiger partial charge in [0.15, 0.2) is 0 Å². The summed E-state index contributed by atoms with van der Waals surface area (Å²) in [6, 6.07) is -0.820. The maximum atomic E-state index is 12.5. The van der Waals surface area contributed by atoms with Crippen LogP contribution in [-0.4, -0.2) is 54.2 Å². The van der Waals surface area contributed by atoms with E-state index in [1.54, 1.807) is 34.6 Å². The Balaban J connectivity index is 5.09. The molecule has 9 nitrogen and oxygen atoms in total. The number of carbonyl (C=O) groups excluding carboxylic acids is 4. The summed E-state index contributed by atoms with van der Waals surface area (Å²) in [5.41, 5.74) is 3.28. The highest BCUT2D eigenvalue weighted by atomic mass is 16.6. The van der Waals surface area contributed by atoms with Crippen LogP contribution in [0.1, 0.15) is 67.2 Å². The van der Waals surface area contributed by atoms with Gasteiger partial charge in [0.25, 0.3) is 0 Å². The van der Waals surface area contributed by atoms with Gasteiger partial charge in [-0.3, -0.25) is 9.59 Å². The van der Waals surface area contributed by atoms with Crippen molar-refractivity contribution < 1.29 is 33.4 Å². The minimum atomic E-state index is -1.92. The van der Waals surface area contributed by atoms with Crippen molar-refractivity contribution in [2.24, 2.45) is 5.73 Å². The van der Waals surface area contributed by atoms with Crippen molar-refractivity contribution in [2.45, 2.75) is 84.4 Å². The Bertz CT molecular complexity index is 537. The monoisotopic (exact) mass is 402 g/mol. The van der Waals surface area contributed by atoms with Gasteiger partial charge in [0.05, 0.1) is 13.2 Å². The topological polar surface area (TPSA) is 134 Å². The normalized spacial score (nSPS) is 12.7. The van der Waals surface area contributed by atoms with Gasteiger partial charge >= 0.3 is 17.9 Å². The lowest BCUT2D eigenvalue weighted by Gasteiger charge is -2.29. The van der Waals surface area contributed by atoms with Gasteiger partial charge in [0, 0.05) is 6.92 Å². The second kappa shape index (κ2) is 11.6. The van der Waals surface area contributed by atoms with E-state index in [1.807, 2.05) is 0 Å². The number of carbonyl (C=O) groups is 4. The van der Waals surface area contributed by atoms with Crippen molar-refractivity contribution in [1.29, 1.82) is 0 Å². The lowest BCUT2D eigenvalue weighted by Crippen LogP contribution is -2.61. The molecular formula is C19H34N2O7. The molecule has 9 heteroatoms. The number of hydrogen-bond donors (Lipinski definition) is 2. The maximum Gasteiger partial charge on any atom is 0.343 e. The summed E-state index contributed by atoms with van der Waals surface area (Å²) in [6.45, 7) is 9.73. The maximum absolute atomic E-state index is 12.5. The summed E-state index contributed by atoms with van der Waals surface area (Å²) in [4.78, 5) is 48.5. The zero-order valence-corrected chi connectivity index (χ0v) is 17.8. The molecule has 0 radical (unpaired) electrons. The number of nitrogens with two attached hydrogens (primary N) is 1. The fourth-order valence-corrected chi connectivity index (χ4v) is 2.51. The minimum absolute atomic E-state index is 0.0364. The highest BCUT2D eigenvalue weighted by molar-refractivity contribution is 6.07. The van der Waals surface area contributed by atoms with E-state index in [0.717, 1.165) is 0 Å². The third-order valence-corrected chi connectivity index (χ3v) is 3.66. The van der Waals surface area contributed by atoms with Crippen molar-refractivity contribution in [2.75, 3.05) is 13.2 Å². The first-order valence-electron chi connectivity index (χ1n) is 9.51. The van der Waals surface area contributed by atoms with Crippen molar-refractivity contribution in [3.63, 3.8) is 0 Å². The first-order chi connectivity index (χ1) is 12.9. The highest BCUT2D eigenvalue weighted by Gasteiger charge is 2.49. The predicted octanol–water partition coefficient (Wildman–Crippen LogP) is 1.22. The smallest absolute Gasteiger partial charge is 0.343 e. The first kappa shape index (κ1) is 25.8. The molecule has 1 atom stereocenters. The zero-order valence-electron chi connectivity index (χ0n) is 17.8. The summed E-state index contributed by atoms with van der Waals surface area (Å²) in [6.07, 6.45) is 1.02. The van der Waals surface area contributed by atoms with Crippen LogP contribution in [0, 0.1) is 0 Å². The molecule has 0 aliphatic carbocycles. The molecular weight excluding hydrogens is 368 g/mol. The van der Waals surface area contributed by atoms with E-state index < -0.39 is 41.0 Å². The molecule has 0 aromatic rings. The molecule has 0 bridgehead atoms. The Morgan fingerprint density at radius 1 is 0.964 bits per heavy atom. The molecule has 28 heavy (non-hydrogen) atoms. The van der Waals surface area contributed by atoms with E-state index in [1.165, 1.54) is 6.92 Å². The zero-order chi connectivity index (χ0) is 22.0. The van der Waals surface area contributed by atoms with Gasteiger partial charge in [-0.25, -0.2) is 9.59 Å². The molecule has 0 rings (SSSR count). The lowest BCUT2D eigenvalue weighted by molar-refractivity contribution is -0.168. The number of amides is 1. The molecule has 0 spiro atoms. The number of nitrogens with one attached hydrogen (secondary N) is 1. The van der Waals surface area contributed by atoms with E-state index in [9.17, 15) is 19.2 Å². The van der Waals surface area contributed by atoms with Crippen LogP contribution in [0.3, 0.4) is 0 Å². The van der Waals surface area contributed by atoms with Crippen molar-refractivity contribution >= 4 is 23.8 Å². The Kier molecular flexibility index (Phi) is 10.7. The number of ether oxygens (including phenoxy) is 3. The number of hydrogen-bond acceptors (Lipinski definition) is 8. The Morgan fingerprint density at radius 3 is 1.86 bits per heavy atom. The molecule has 0 aromatic carbocycles.